The number of thiazole rings is 1. The fourth-order valence-corrected chi connectivity index (χ4v) is 3.81. The van der Waals surface area contributed by atoms with E-state index in [1.807, 2.05) is 12.1 Å². The van der Waals surface area contributed by atoms with Crippen molar-refractivity contribution in [1.82, 2.24) is 14.9 Å². The molecular weight excluding hydrogens is 292 g/mol. The molecular formula is C17H14N4S. The van der Waals surface area contributed by atoms with E-state index < -0.39 is 0 Å². The second kappa shape index (κ2) is 5.39. The molecule has 0 fully saturated rings. The van der Waals surface area contributed by atoms with E-state index in [0.29, 0.717) is 5.69 Å². The van der Waals surface area contributed by atoms with Gasteiger partial charge in [-0.1, -0.05) is 6.08 Å². The number of hydrogen-bond donors (Lipinski definition) is 0. The van der Waals surface area contributed by atoms with Crippen molar-refractivity contribution in [2.45, 2.75) is 12.8 Å². The van der Waals surface area contributed by atoms with Crippen LogP contribution in [0.5, 0.6) is 0 Å². The average Bonchev–Trinajstić information content (AvgIpc) is 2.82. The van der Waals surface area contributed by atoms with E-state index >= 15 is 0 Å². The Morgan fingerprint density at radius 1 is 1.23 bits per heavy atom. The Bertz CT molecular complexity index is 783. The van der Waals surface area contributed by atoms with Gasteiger partial charge in [0.2, 0.25) is 0 Å². The largest absolute Gasteiger partial charge is 0.371 e. The Kier molecular flexibility index (Phi) is 3.24. The van der Waals surface area contributed by atoms with E-state index in [2.05, 4.69) is 28.1 Å². The van der Waals surface area contributed by atoms with Gasteiger partial charge in [-0.15, -0.1) is 11.3 Å². The molecule has 0 N–H and O–H groups in total. The summed E-state index contributed by atoms with van der Waals surface area (Å²) in [7, 11) is 0. The number of pyridine rings is 1. The number of hydrogen-bond acceptors (Lipinski definition) is 5. The highest BCUT2D eigenvalue weighted by Crippen LogP contribution is 2.31. The van der Waals surface area contributed by atoms with Gasteiger partial charge < -0.3 is 4.90 Å². The average molecular weight is 306 g/mol. The van der Waals surface area contributed by atoms with Crippen LogP contribution in [-0.2, 0) is 12.8 Å². The molecule has 108 valence electrons. The lowest BCUT2D eigenvalue weighted by atomic mass is 10.2. The second-order valence-electron chi connectivity index (χ2n) is 5.37. The molecule has 1 aliphatic carbocycles. The summed E-state index contributed by atoms with van der Waals surface area (Å²) in [6, 6.07) is 5.72. The lowest BCUT2D eigenvalue weighted by molar-refractivity contribution is 0.369. The predicted molar refractivity (Wildman–Crippen MR) is 86.3 cm³/mol. The maximum atomic E-state index is 8.82. The minimum absolute atomic E-state index is 0.444. The molecule has 0 amide bonds. The molecule has 0 saturated heterocycles. The maximum absolute atomic E-state index is 8.82. The third-order valence-corrected chi connectivity index (χ3v) is 5.24. The molecule has 0 spiro atoms. The molecule has 4 rings (SSSR count). The van der Waals surface area contributed by atoms with Crippen LogP contribution in [0, 0.1) is 11.3 Å². The first-order valence-electron chi connectivity index (χ1n) is 7.32. The van der Waals surface area contributed by atoms with Gasteiger partial charge in [0, 0.05) is 48.3 Å². The van der Waals surface area contributed by atoms with Crippen molar-refractivity contribution in [2.75, 3.05) is 13.1 Å². The van der Waals surface area contributed by atoms with Crippen molar-refractivity contribution in [2.24, 2.45) is 0 Å². The maximum Gasteiger partial charge on any atom is 0.140 e. The lowest BCUT2D eigenvalue weighted by Crippen LogP contribution is -2.26. The molecule has 0 aromatic carbocycles. The smallest absolute Gasteiger partial charge is 0.140 e. The summed E-state index contributed by atoms with van der Waals surface area (Å²) < 4.78 is 0. The highest BCUT2D eigenvalue weighted by molar-refractivity contribution is 7.15. The third-order valence-electron chi connectivity index (χ3n) is 4.03. The Morgan fingerprint density at radius 3 is 2.77 bits per heavy atom. The van der Waals surface area contributed by atoms with Gasteiger partial charge in [0.05, 0.1) is 5.69 Å². The first-order chi connectivity index (χ1) is 10.8. The molecule has 0 radical (unpaired) electrons. The van der Waals surface area contributed by atoms with Gasteiger partial charge >= 0.3 is 0 Å². The molecule has 22 heavy (non-hydrogen) atoms. The number of allylic oxidation sites excluding steroid dienone is 3. The van der Waals surface area contributed by atoms with Crippen molar-refractivity contribution in [1.29, 1.82) is 5.26 Å². The molecule has 4 nitrogen and oxygen atoms in total. The quantitative estimate of drug-likeness (QED) is 0.856. The van der Waals surface area contributed by atoms with Crippen molar-refractivity contribution in [3.8, 4) is 16.6 Å². The van der Waals surface area contributed by atoms with Crippen LogP contribution in [0.3, 0.4) is 0 Å². The van der Waals surface area contributed by atoms with E-state index in [-0.39, 0.29) is 0 Å². The van der Waals surface area contributed by atoms with Gasteiger partial charge in [-0.2, -0.15) is 5.26 Å². The summed E-state index contributed by atoms with van der Waals surface area (Å²) >= 11 is 1.76. The van der Waals surface area contributed by atoms with Crippen LogP contribution >= 0.6 is 11.3 Å². The van der Waals surface area contributed by atoms with Gasteiger partial charge in [-0.25, -0.2) is 9.97 Å². The molecule has 5 heteroatoms. The molecule has 3 heterocycles. The molecule has 1 aliphatic heterocycles. The highest BCUT2D eigenvalue weighted by atomic mass is 32.1. The van der Waals surface area contributed by atoms with Crippen molar-refractivity contribution in [3.05, 3.63) is 58.5 Å². The van der Waals surface area contributed by atoms with Crippen molar-refractivity contribution >= 4 is 11.3 Å². The minimum Gasteiger partial charge on any atom is -0.371 e. The van der Waals surface area contributed by atoms with Crippen LogP contribution in [0.25, 0.3) is 10.6 Å². The van der Waals surface area contributed by atoms with E-state index in [1.54, 1.807) is 23.6 Å². The topological polar surface area (TPSA) is 52.8 Å². The number of nitrogens with zero attached hydrogens (tertiary/aromatic N) is 4. The molecule has 0 unspecified atom stereocenters. The fourth-order valence-electron chi connectivity index (χ4n) is 2.72. The molecule has 0 bridgehead atoms. The first-order valence-corrected chi connectivity index (χ1v) is 8.13. The second-order valence-corrected chi connectivity index (χ2v) is 6.45. The molecule has 2 aromatic rings. The summed E-state index contributed by atoms with van der Waals surface area (Å²) in [5, 5.41) is 9.83. The fraction of sp³-hybridized carbons (Fsp3) is 0.235. The van der Waals surface area contributed by atoms with Crippen LogP contribution < -0.4 is 0 Å². The number of aromatic nitrogens is 2. The van der Waals surface area contributed by atoms with Crippen LogP contribution in [0.1, 0.15) is 16.3 Å². The SMILES string of the molecule is N#Cc1ccc(-c2nc3c(s2)CCN(C2=CC=C2)CC3)cn1. The third kappa shape index (κ3) is 2.32. The highest BCUT2D eigenvalue weighted by Gasteiger charge is 2.20. The monoisotopic (exact) mass is 306 g/mol. The van der Waals surface area contributed by atoms with Gasteiger partial charge in [0.1, 0.15) is 16.8 Å². The summed E-state index contributed by atoms with van der Waals surface area (Å²) in [5.74, 6) is 0. The van der Waals surface area contributed by atoms with Crippen molar-refractivity contribution < 1.29 is 0 Å². The van der Waals surface area contributed by atoms with E-state index in [0.717, 1.165) is 36.5 Å². The van der Waals surface area contributed by atoms with Gasteiger partial charge in [-0.3, -0.25) is 0 Å². The molecule has 0 atom stereocenters. The summed E-state index contributed by atoms with van der Waals surface area (Å²) in [5.41, 5.74) is 4.00. The Morgan fingerprint density at radius 2 is 2.09 bits per heavy atom. The van der Waals surface area contributed by atoms with Crippen LogP contribution in [0.2, 0.25) is 0 Å². The zero-order chi connectivity index (χ0) is 14.9. The lowest BCUT2D eigenvalue weighted by Gasteiger charge is -2.26. The summed E-state index contributed by atoms with van der Waals surface area (Å²) in [4.78, 5) is 12.7. The molecule has 0 saturated carbocycles. The zero-order valence-electron chi connectivity index (χ0n) is 12.0. The number of fused-ring (bicyclic) bond motifs is 1. The minimum atomic E-state index is 0.444. The Hall–Kier alpha value is -2.45. The zero-order valence-corrected chi connectivity index (χ0v) is 12.8. The molecule has 2 aromatic heterocycles. The van der Waals surface area contributed by atoms with Gasteiger partial charge in [-0.05, 0) is 24.3 Å². The van der Waals surface area contributed by atoms with E-state index in [4.69, 9.17) is 10.2 Å². The van der Waals surface area contributed by atoms with Crippen LogP contribution in [-0.4, -0.2) is 28.0 Å². The van der Waals surface area contributed by atoms with E-state index in [9.17, 15) is 0 Å². The molecule has 2 aliphatic rings. The standard InChI is InChI=1S/C17H14N4S/c18-10-13-5-4-12(11-19-13)17-20-15-6-8-21(14-2-1-3-14)9-7-16(15)22-17/h1-5,11H,6-9H2. The van der Waals surface area contributed by atoms with Crippen molar-refractivity contribution in [3.63, 3.8) is 0 Å². The van der Waals surface area contributed by atoms with Crippen LogP contribution in [0.4, 0.5) is 0 Å². The normalized spacial score (nSPS) is 16.3. The summed E-state index contributed by atoms with van der Waals surface area (Å²) in [6.45, 7) is 2.08. The predicted octanol–water partition coefficient (Wildman–Crippen LogP) is 2.93. The Labute approximate surface area is 133 Å². The number of nitriles is 1. The number of rotatable bonds is 2. The van der Waals surface area contributed by atoms with E-state index in [1.165, 1.54) is 16.3 Å². The summed E-state index contributed by atoms with van der Waals surface area (Å²) in [6.07, 6.45) is 10.2. The Balaban J connectivity index is 1.55. The van der Waals surface area contributed by atoms with Gasteiger partial charge in [0.25, 0.3) is 0 Å². The van der Waals surface area contributed by atoms with Crippen LogP contribution in [0.15, 0.2) is 42.3 Å². The van der Waals surface area contributed by atoms with Gasteiger partial charge in [0.15, 0.2) is 0 Å². The first kappa shape index (κ1) is 13.2.